The number of sulfonamides is 1. The van der Waals surface area contributed by atoms with Crippen LogP contribution in [0.4, 0.5) is 0 Å². The van der Waals surface area contributed by atoms with Gasteiger partial charge in [-0.1, -0.05) is 17.7 Å². The lowest BCUT2D eigenvalue weighted by molar-refractivity contribution is -0.125. The maximum absolute atomic E-state index is 12.7. The molecule has 2 aromatic rings. The fourth-order valence-corrected chi connectivity index (χ4v) is 5.40. The van der Waals surface area contributed by atoms with Gasteiger partial charge in [0.25, 0.3) is 0 Å². The second-order valence-corrected chi connectivity index (χ2v) is 9.96. The highest BCUT2D eigenvalue weighted by molar-refractivity contribution is 7.98. The summed E-state index contributed by atoms with van der Waals surface area (Å²) < 4.78 is 32.2. The number of nitrogens with zero attached hydrogens (tertiary/aromatic N) is 1. The van der Waals surface area contributed by atoms with Gasteiger partial charge < -0.3 is 9.73 Å². The van der Waals surface area contributed by atoms with Gasteiger partial charge in [0.2, 0.25) is 15.9 Å². The van der Waals surface area contributed by atoms with E-state index in [9.17, 15) is 13.2 Å². The Balaban J connectivity index is 1.40. The van der Waals surface area contributed by atoms with Gasteiger partial charge in [-0.3, -0.25) is 4.79 Å². The van der Waals surface area contributed by atoms with E-state index in [2.05, 4.69) is 5.32 Å². The number of hydrogen-bond donors (Lipinski definition) is 1. The molecular formula is C20H26N2O4S2. The molecule has 6 nitrogen and oxygen atoms in total. The molecule has 3 rings (SSSR count). The lowest BCUT2D eigenvalue weighted by atomic mass is 9.97. The molecule has 28 heavy (non-hydrogen) atoms. The first-order valence-corrected chi connectivity index (χ1v) is 12.0. The predicted molar refractivity (Wildman–Crippen MR) is 111 cm³/mol. The molecule has 8 heteroatoms. The molecule has 1 aromatic carbocycles. The number of thioether (sulfide) groups is 1. The third kappa shape index (κ3) is 5.40. The summed E-state index contributed by atoms with van der Waals surface area (Å²) in [5.41, 5.74) is 1.02. The lowest BCUT2D eigenvalue weighted by Crippen LogP contribution is -2.43. The van der Waals surface area contributed by atoms with E-state index in [1.165, 1.54) is 4.31 Å². The van der Waals surface area contributed by atoms with Gasteiger partial charge >= 0.3 is 0 Å². The lowest BCUT2D eigenvalue weighted by Gasteiger charge is -2.30. The van der Waals surface area contributed by atoms with E-state index in [1.54, 1.807) is 42.3 Å². The standard InChI is InChI=1S/C20H26N2O4S2/c1-16-4-6-19(7-5-16)28(24,25)22-11-8-17(9-12-22)20(23)21-10-14-27-15-18-3-2-13-26-18/h2-7,13,17H,8-12,14-15H2,1H3,(H,21,23). The van der Waals surface area contributed by atoms with E-state index in [1.807, 2.05) is 19.1 Å². The summed E-state index contributed by atoms with van der Waals surface area (Å²) in [7, 11) is -3.48. The fraction of sp³-hybridized carbons (Fsp3) is 0.450. The van der Waals surface area contributed by atoms with E-state index < -0.39 is 10.0 Å². The minimum absolute atomic E-state index is 0.0194. The van der Waals surface area contributed by atoms with Crippen LogP contribution in [0.1, 0.15) is 24.2 Å². The van der Waals surface area contributed by atoms with Gasteiger partial charge in [-0.05, 0) is 44.0 Å². The molecular weight excluding hydrogens is 396 g/mol. The quantitative estimate of drug-likeness (QED) is 0.662. The number of rotatable bonds is 8. The van der Waals surface area contributed by atoms with Crippen molar-refractivity contribution in [1.29, 1.82) is 0 Å². The average molecular weight is 423 g/mol. The third-order valence-electron chi connectivity index (χ3n) is 4.85. The summed E-state index contributed by atoms with van der Waals surface area (Å²) in [6.45, 7) is 3.28. The SMILES string of the molecule is Cc1ccc(S(=O)(=O)N2CCC(C(=O)NCCSCc3ccco3)CC2)cc1. The van der Waals surface area contributed by atoms with E-state index >= 15 is 0 Å². The summed E-state index contributed by atoms with van der Waals surface area (Å²) >= 11 is 1.71. The summed E-state index contributed by atoms with van der Waals surface area (Å²) in [5.74, 6) is 2.43. The van der Waals surface area contributed by atoms with Crippen molar-refractivity contribution < 1.29 is 17.6 Å². The van der Waals surface area contributed by atoms with Crippen molar-refractivity contribution in [1.82, 2.24) is 9.62 Å². The van der Waals surface area contributed by atoms with E-state index in [4.69, 9.17) is 4.42 Å². The minimum Gasteiger partial charge on any atom is -0.468 e. The fourth-order valence-electron chi connectivity index (χ4n) is 3.18. The number of piperidine rings is 1. The van der Waals surface area contributed by atoms with Crippen LogP contribution in [0.25, 0.3) is 0 Å². The Hall–Kier alpha value is -1.77. The zero-order valence-electron chi connectivity index (χ0n) is 16.0. The summed E-state index contributed by atoms with van der Waals surface area (Å²) in [6, 6.07) is 10.7. The molecule has 2 heterocycles. The largest absolute Gasteiger partial charge is 0.468 e. The highest BCUT2D eigenvalue weighted by atomic mass is 32.2. The van der Waals surface area contributed by atoms with Crippen LogP contribution in [0.15, 0.2) is 52.0 Å². The smallest absolute Gasteiger partial charge is 0.243 e. The molecule has 1 amide bonds. The Labute approximate surface area is 170 Å². The Morgan fingerprint density at radius 3 is 2.57 bits per heavy atom. The third-order valence-corrected chi connectivity index (χ3v) is 7.75. The number of hydrogen-bond acceptors (Lipinski definition) is 5. The van der Waals surface area contributed by atoms with Crippen LogP contribution in [0, 0.1) is 12.8 Å². The molecule has 0 spiro atoms. The predicted octanol–water partition coefficient (Wildman–Crippen LogP) is 3.04. The molecule has 0 radical (unpaired) electrons. The number of carbonyl (C=O) groups excluding carboxylic acids is 1. The second kappa shape index (κ2) is 9.62. The van der Waals surface area contributed by atoms with Crippen LogP contribution in [-0.4, -0.2) is 44.0 Å². The molecule has 0 aliphatic carbocycles. The number of furan rings is 1. The molecule has 1 fully saturated rings. The maximum Gasteiger partial charge on any atom is 0.243 e. The molecule has 1 aliphatic heterocycles. The highest BCUT2D eigenvalue weighted by Crippen LogP contribution is 2.24. The van der Waals surface area contributed by atoms with Gasteiger partial charge in [0, 0.05) is 31.3 Å². The Kier molecular flexibility index (Phi) is 7.20. The molecule has 152 valence electrons. The van der Waals surface area contributed by atoms with Gasteiger partial charge in [-0.2, -0.15) is 16.1 Å². The van der Waals surface area contributed by atoms with Crippen molar-refractivity contribution >= 4 is 27.7 Å². The number of carbonyl (C=O) groups is 1. The molecule has 0 atom stereocenters. The first-order valence-electron chi connectivity index (χ1n) is 9.41. The first-order chi connectivity index (χ1) is 13.5. The average Bonchev–Trinajstić information content (AvgIpc) is 3.21. The van der Waals surface area contributed by atoms with Crippen LogP contribution in [-0.2, 0) is 20.6 Å². The van der Waals surface area contributed by atoms with E-state index in [0.29, 0.717) is 37.4 Å². The molecule has 0 bridgehead atoms. The maximum atomic E-state index is 12.7. The topological polar surface area (TPSA) is 79.6 Å². The van der Waals surface area contributed by atoms with Gasteiger partial charge in [-0.25, -0.2) is 8.42 Å². The van der Waals surface area contributed by atoms with Gasteiger partial charge in [-0.15, -0.1) is 0 Å². The molecule has 0 saturated carbocycles. The summed E-state index contributed by atoms with van der Waals surface area (Å²) in [4.78, 5) is 12.7. The van der Waals surface area contributed by atoms with Crippen molar-refractivity contribution in [3.8, 4) is 0 Å². The molecule has 1 N–H and O–H groups in total. The van der Waals surface area contributed by atoms with Gasteiger partial charge in [0.1, 0.15) is 5.76 Å². The highest BCUT2D eigenvalue weighted by Gasteiger charge is 2.31. The van der Waals surface area contributed by atoms with Crippen molar-refractivity contribution in [2.75, 3.05) is 25.4 Å². The second-order valence-electron chi connectivity index (χ2n) is 6.91. The number of nitrogens with one attached hydrogen (secondary N) is 1. The zero-order chi connectivity index (χ0) is 20.0. The van der Waals surface area contributed by atoms with Crippen molar-refractivity contribution in [2.45, 2.75) is 30.4 Å². The Morgan fingerprint density at radius 2 is 1.93 bits per heavy atom. The van der Waals surface area contributed by atoms with E-state index in [-0.39, 0.29) is 11.8 Å². The van der Waals surface area contributed by atoms with Crippen LogP contribution in [0.3, 0.4) is 0 Å². The number of amides is 1. The molecule has 1 saturated heterocycles. The normalized spacial score (nSPS) is 16.2. The Bertz CT molecular complexity index is 856. The number of aryl methyl sites for hydroxylation is 1. The minimum atomic E-state index is -3.48. The first kappa shape index (κ1) is 21.0. The van der Waals surface area contributed by atoms with Crippen LogP contribution in [0.5, 0.6) is 0 Å². The van der Waals surface area contributed by atoms with Crippen LogP contribution in [0.2, 0.25) is 0 Å². The summed E-state index contributed by atoms with van der Waals surface area (Å²) in [6.07, 6.45) is 2.76. The van der Waals surface area contributed by atoms with Crippen molar-refractivity contribution in [3.63, 3.8) is 0 Å². The molecule has 0 unspecified atom stereocenters. The zero-order valence-corrected chi connectivity index (χ0v) is 17.6. The van der Waals surface area contributed by atoms with Crippen LogP contribution < -0.4 is 5.32 Å². The van der Waals surface area contributed by atoms with Crippen molar-refractivity contribution in [3.05, 3.63) is 54.0 Å². The van der Waals surface area contributed by atoms with Gasteiger partial charge in [0.15, 0.2) is 0 Å². The van der Waals surface area contributed by atoms with Crippen LogP contribution >= 0.6 is 11.8 Å². The van der Waals surface area contributed by atoms with E-state index in [0.717, 1.165) is 22.8 Å². The Morgan fingerprint density at radius 1 is 1.21 bits per heavy atom. The molecule has 1 aromatic heterocycles. The molecule has 1 aliphatic rings. The summed E-state index contributed by atoms with van der Waals surface area (Å²) in [5, 5.41) is 2.97. The van der Waals surface area contributed by atoms with Crippen molar-refractivity contribution in [2.24, 2.45) is 5.92 Å². The monoisotopic (exact) mass is 422 g/mol. The number of benzene rings is 1. The van der Waals surface area contributed by atoms with Gasteiger partial charge in [0.05, 0.1) is 16.9 Å².